The molecule has 1 unspecified atom stereocenters. The smallest absolute Gasteiger partial charge is 0.262 e. The minimum atomic E-state index is -0.514. The summed E-state index contributed by atoms with van der Waals surface area (Å²) < 4.78 is 0. The minimum Gasteiger partial charge on any atom is -0.351 e. The van der Waals surface area contributed by atoms with Crippen LogP contribution in [0.25, 0.3) is 0 Å². The lowest BCUT2D eigenvalue weighted by Crippen LogP contribution is -2.33. The first kappa shape index (κ1) is 20.1. The molecule has 1 saturated heterocycles. The first-order chi connectivity index (χ1) is 14.6. The fourth-order valence-corrected chi connectivity index (χ4v) is 4.41. The quantitative estimate of drug-likeness (QED) is 0.663. The third-order valence-corrected chi connectivity index (χ3v) is 5.99. The Morgan fingerprint density at radius 3 is 2.80 bits per heavy atom. The van der Waals surface area contributed by atoms with Crippen LogP contribution in [-0.2, 0) is 9.59 Å². The monoisotopic (exact) mass is 427 g/mol. The van der Waals surface area contributed by atoms with Gasteiger partial charge in [0.25, 0.3) is 11.8 Å². The number of carbonyl (C=O) groups is 3. The first-order valence-corrected chi connectivity index (χ1v) is 10.6. The molecule has 10 nitrogen and oxygen atoms in total. The summed E-state index contributed by atoms with van der Waals surface area (Å²) in [6, 6.07) is 6.53. The Balaban J connectivity index is 1.32. The van der Waals surface area contributed by atoms with E-state index >= 15 is 0 Å². The molecule has 1 fully saturated rings. The molecule has 0 spiro atoms. The molecule has 3 heterocycles. The third kappa shape index (κ3) is 4.85. The minimum absolute atomic E-state index is 0.0266. The number of anilines is 2. The number of rotatable bonds is 5. The highest BCUT2D eigenvalue weighted by molar-refractivity contribution is 8.15. The lowest BCUT2D eigenvalue weighted by atomic mass is 10.1. The topological polar surface area (TPSA) is 132 Å². The van der Waals surface area contributed by atoms with E-state index in [9.17, 15) is 14.4 Å². The molecular weight excluding hydrogens is 406 g/mol. The Kier molecular flexibility index (Phi) is 6.07. The average molecular weight is 427 g/mol. The fraction of sp³-hybridized carbons (Fsp3) is 0.368. The van der Waals surface area contributed by atoms with E-state index in [0.717, 1.165) is 31.1 Å². The van der Waals surface area contributed by atoms with Crippen molar-refractivity contribution in [1.82, 2.24) is 20.1 Å². The molecule has 2 aromatic rings. The molecule has 156 valence electrons. The maximum atomic E-state index is 12.5. The van der Waals surface area contributed by atoms with E-state index in [1.807, 2.05) is 0 Å². The summed E-state index contributed by atoms with van der Waals surface area (Å²) >= 11 is 1.36. The van der Waals surface area contributed by atoms with Crippen LogP contribution >= 0.6 is 11.8 Å². The summed E-state index contributed by atoms with van der Waals surface area (Å²) in [7, 11) is 0. The second-order valence-electron chi connectivity index (χ2n) is 7.01. The second kappa shape index (κ2) is 9.08. The number of amides is 3. The first-order valence-electron chi connectivity index (χ1n) is 9.69. The Morgan fingerprint density at radius 1 is 1.20 bits per heavy atom. The van der Waals surface area contributed by atoms with Gasteiger partial charge < -0.3 is 10.2 Å². The van der Waals surface area contributed by atoms with Gasteiger partial charge in [0.1, 0.15) is 11.6 Å². The second-order valence-corrected chi connectivity index (χ2v) is 8.18. The number of H-pyrrole nitrogens is 1. The summed E-state index contributed by atoms with van der Waals surface area (Å²) in [5.74, 6) is -0.723. The van der Waals surface area contributed by atoms with Crippen molar-refractivity contribution in [3.05, 3.63) is 36.2 Å². The van der Waals surface area contributed by atoms with Crippen LogP contribution in [0.4, 0.5) is 11.6 Å². The number of aromatic nitrogens is 3. The standard InChI is InChI=1S/C19H21N7O3S/c27-15(10-14-17(29)24-19(30-14)26-7-2-1-3-8-26)22-13-6-4-5-12(9-13)16(28)23-18-20-11-21-25-18/h4-6,9,11,14H,1-3,7-8,10H2,(H,22,27)(H2,20,21,23,25,28). The van der Waals surface area contributed by atoms with Gasteiger partial charge >= 0.3 is 0 Å². The summed E-state index contributed by atoms with van der Waals surface area (Å²) in [5, 5.41) is 11.7. The number of piperidine rings is 1. The van der Waals surface area contributed by atoms with E-state index in [1.165, 1.54) is 24.5 Å². The molecule has 1 aromatic carbocycles. The number of hydrogen-bond acceptors (Lipinski definition) is 7. The van der Waals surface area contributed by atoms with Gasteiger partial charge in [0, 0.05) is 30.8 Å². The van der Waals surface area contributed by atoms with Crippen LogP contribution in [0.5, 0.6) is 0 Å². The molecule has 0 aliphatic carbocycles. The summed E-state index contributed by atoms with van der Waals surface area (Å²) in [5.41, 5.74) is 0.823. The van der Waals surface area contributed by atoms with Gasteiger partial charge in [-0.05, 0) is 37.5 Å². The largest absolute Gasteiger partial charge is 0.351 e. The highest BCUT2D eigenvalue weighted by atomic mass is 32.2. The number of aromatic amines is 1. The number of nitrogens with zero attached hydrogens (tertiary/aromatic N) is 4. The van der Waals surface area contributed by atoms with Crippen LogP contribution in [0.2, 0.25) is 0 Å². The number of benzene rings is 1. The van der Waals surface area contributed by atoms with Crippen LogP contribution < -0.4 is 10.6 Å². The van der Waals surface area contributed by atoms with Crippen molar-refractivity contribution in [2.45, 2.75) is 30.9 Å². The summed E-state index contributed by atoms with van der Waals surface area (Å²) in [4.78, 5) is 47.1. The zero-order valence-electron chi connectivity index (χ0n) is 16.1. The summed E-state index contributed by atoms with van der Waals surface area (Å²) in [6.45, 7) is 1.81. The van der Waals surface area contributed by atoms with Crippen molar-refractivity contribution in [2.24, 2.45) is 4.99 Å². The van der Waals surface area contributed by atoms with E-state index in [-0.39, 0.29) is 30.1 Å². The van der Waals surface area contributed by atoms with Crippen molar-refractivity contribution in [2.75, 3.05) is 23.7 Å². The fourth-order valence-electron chi connectivity index (χ4n) is 3.29. The number of hydrogen-bond donors (Lipinski definition) is 3. The van der Waals surface area contributed by atoms with Crippen molar-refractivity contribution in [1.29, 1.82) is 0 Å². The van der Waals surface area contributed by atoms with E-state index < -0.39 is 5.25 Å². The molecule has 30 heavy (non-hydrogen) atoms. The predicted molar refractivity (Wildman–Crippen MR) is 113 cm³/mol. The van der Waals surface area contributed by atoms with Crippen molar-refractivity contribution >= 4 is 46.3 Å². The molecule has 4 rings (SSSR count). The van der Waals surface area contributed by atoms with E-state index in [4.69, 9.17) is 0 Å². The zero-order valence-corrected chi connectivity index (χ0v) is 16.9. The normalized spacial score (nSPS) is 18.8. The maximum absolute atomic E-state index is 12.5. The van der Waals surface area contributed by atoms with E-state index in [0.29, 0.717) is 11.3 Å². The molecule has 3 N–H and O–H groups in total. The number of aliphatic imine (C=N–C) groups is 1. The van der Waals surface area contributed by atoms with Gasteiger partial charge in [-0.3, -0.25) is 19.7 Å². The summed E-state index contributed by atoms with van der Waals surface area (Å²) in [6.07, 6.45) is 4.70. The Morgan fingerprint density at radius 2 is 2.03 bits per heavy atom. The predicted octanol–water partition coefficient (Wildman–Crippen LogP) is 1.87. The number of thioether (sulfide) groups is 1. The van der Waals surface area contributed by atoms with Gasteiger partial charge in [0.05, 0.1) is 0 Å². The lowest BCUT2D eigenvalue weighted by Gasteiger charge is -2.27. The van der Waals surface area contributed by atoms with Crippen LogP contribution in [0.3, 0.4) is 0 Å². The molecule has 3 amide bonds. The number of nitrogens with one attached hydrogen (secondary N) is 3. The Bertz CT molecular complexity index is 970. The Labute approximate surface area is 176 Å². The SMILES string of the molecule is O=C(CC1SC(N2CCCCC2)=NC1=O)Nc1cccc(C(=O)Nc2ncn[nH]2)c1. The van der Waals surface area contributed by atoms with Crippen molar-refractivity contribution in [3.8, 4) is 0 Å². The molecule has 0 radical (unpaired) electrons. The number of amidine groups is 1. The average Bonchev–Trinajstić information content (AvgIpc) is 3.39. The number of likely N-dealkylation sites (tertiary alicyclic amines) is 1. The van der Waals surface area contributed by atoms with Crippen LogP contribution in [0, 0.1) is 0 Å². The van der Waals surface area contributed by atoms with Crippen LogP contribution in [-0.4, -0.2) is 61.3 Å². The lowest BCUT2D eigenvalue weighted by molar-refractivity contribution is -0.121. The van der Waals surface area contributed by atoms with Crippen molar-refractivity contribution in [3.63, 3.8) is 0 Å². The molecule has 1 aromatic heterocycles. The molecule has 0 bridgehead atoms. The zero-order chi connectivity index (χ0) is 20.9. The Hall–Kier alpha value is -3.21. The third-order valence-electron chi connectivity index (χ3n) is 4.78. The molecular formula is C19H21N7O3S. The number of carbonyl (C=O) groups excluding carboxylic acids is 3. The molecule has 2 aliphatic rings. The van der Waals surface area contributed by atoms with E-state index in [1.54, 1.807) is 24.3 Å². The molecule has 2 aliphatic heterocycles. The van der Waals surface area contributed by atoms with E-state index in [2.05, 4.69) is 35.7 Å². The van der Waals surface area contributed by atoms with Gasteiger partial charge in [-0.15, -0.1) is 0 Å². The van der Waals surface area contributed by atoms with Crippen molar-refractivity contribution < 1.29 is 14.4 Å². The van der Waals surface area contributed by atoms with Gasteiger partial charge in [-0.25, -0.2) is 5.10 Å². The molecule has 1 atom stereocenters. The highest BCUT2D eigenvalue weighted by Gasteiger charge is 2.33. The molecule has 11 heteroatoms. The van der Waals surface area contributed by atoms with Crippen LogP contribution in [0.15, 0.2) is 35.6 Å². The highest BCUT2D eigenvalue weighted by Crippen LogP contribution is 2.29. The maximum Gasteiger partial charge on any atom is 0.262 e. The molecule has 0 saturated carbocycles. The van der Waals surface area contributed by atoms with Gasteiger partial charge in [-0.1, -0.05) is 17.8 Å². The van der Waals surface area contributed by atoms with Gasteiger partial charge in [0.2, 0.25) is 11.9 Å². The van der Waals surface area contributed by atoms with Gasteiger partial charge in [0.15, 0.2) is 5.17 Å². The van der Waals surface area contributed by atoms with Gasteiger partial charge in [-0.2, -0.15) is 15.1 Å². The van der Waals surface area contributed by atoms with Crippen LogP contribution in [0.1, 0.15) is 36.0 Å².